The summed E-state index contributed by atoms with van der Waals surface area (Å²) >= 11 is 0. The zero-order chi connectivity index (χ0) is 21.1. The third-order valence-electron chi connectivity index (χ3n) is 4.67. The third kappa shape index (κ3) is 4.41. The van der Waals surface area contributed by atoms with E-state index in [2.05, 4.69) is 5.10 Å². The standard InChI is InChI=1S/C23H21FN2O4/c1-15-9-16(2)26(25-15)21-6-3-17(4-7-21)12-29-22(27)8-5-18-10-20(24)11-19-13-28-14-30-23(18)19/h3-11H,12-14H2,1-2H3/b8-5-. The van der Waals surface area contributed by atoms with Crippen molar-refractivity contribution in [2.75, 3.05) is 6.79 Å². The van der Waals surface area contributed by atoms with Crippen LogP contribution in [-0.4, -0.2) is 22.5 Å². The molecule has 0 aliphatic carbocycles. The van der Waals surface area contributed by atoms with Gasteiger partial charge in [-0.25, -0.2) is 13.9 Å². The first-order valence-corrected chi connectivity index (χ1v) is 9.50. The highest BCUT2D eigenvalue weighted by Crippen LogP contribution is 2.30. The molecular weight excluding hydrogens is 387 g/mol. The van der Waals surface area contributed by atoms with Crippen LogP contribution in [-0.2, 0) is 27.5 Å². The number of benzene rings is 2. The number of hydrogen-bond acceptors (Lipinski definition) is 5. The van der Waals surface area contributed by atoms with Gasteiger partial charge in [0.15, 0.2) is 6.79 Å². The molecule has 2 aromatic carbocycles. The summed E-state index contributed by atoms with van der Waals surface area (Å²) in [7, 11) is 0. The number of halogens is 1. The SMILES string of the molecule is Cc1cc(C)n(-c2ccc(COC(=O)/C=C\c3cc(F)cc4c3OCOC4)cc2)n1. The molecule has 7 heteroatoms. The lowest BCUT2D eigenvalue weighted by molar-refractivity contribution is -0.138. The smallest absolute Gasteiger partial charge is 0.331 e. The van der Waals surface area contributed by atoms with E-state index in [1.54, 1.807) is 0 Å². The molecule has 6 nitrogen and oxygen atoms in total. The first-order valence-electron chi connectivity index (χ1n) is 9.50. The van der Waals surface area contributed by atoms with E-state index in [1.807, 2.05) is 48.9 Å². The van der Waals surface area contributed by atoms with Gasteiger partial charge in [0.25, 0.3) is 0 Å². The van der Waals surface area contributed by atoms with Gasteiger partial charge in [-0.3, -0.25) is 0 Å². The molecule has 0 radical (unpaired) electrons. The molecule has 0 amide bonds. The van der Waals surface area contributed by atoms with Crippen molar-refractivity contribution in [3.63, 3.8) is 0 Å². The van der Waals surface area contributed by atoms with Gasteiger partial charge in [0.05, 0.1) is 18.0 Å². The zero-order valence-electron chi connectivity index (χ0n) is 16.7. The van der Waals surface area contributed by atoms with Crippen LogP contribution in [0.5, 0.6) is 5.75 Å². The largest absolute Gasteiger partial charge is 0.467 e. The second-order valence-corrected chi connectivity index (χ2v) is 7.04. The van der Waals surface area contributed by atoms with E-state index in [9.17, 15) is 9.18 Å². The van der Waals surface area contributed by atoms with Gasteiger partial charge in [-0.1, -0.05) is 12.1 Å². The average molecular weight is 408 g/mol. The summed E-state index contributed by atoms with van der Waals surface area (Å²) in [4.78, 5) is 12.1. The molecule has 3 aromatic rings. The molecule has 0 saturated heterocycles. The second-order valence-electron chi connectivity index (χ2n) is 7.04. The molecule has 1 aliphatic heterocycles. The van der Waals surface area contributed by atoms with Crippen molar-refractivity contribution in [2.45, 2.75) is 27.1 Å². The number of esters is 1. The maximum absolute atomic E-state index is 13.8. The van der Waals surface area contributed by atoms with Gasteiger partial charge in [0.2, 0.25) is 0 Å². The van der Waals surface area contributed by atoms with Crippen LogP contribution in [0.4, 0.5) is 4.39 Å². The van der Waals surface area contributed by atoms with Crippen LogP contribution in [0.2, 0.25) is 0 Å². The number of ether oxygens (including phenoxy) is 3. The Morgan fingerprint density at radius 1 is 1.23 bits per heavy atom. The minimum absolute atomic E-state index is 0.0948. The van der Waals surface area contributed by atoms with Crippen LogP contribution in [0.3, 0.4) is 0 Å². The summed E-state index contributed by atoms with van der Waals surface area (Å²) in [5.74, 6) is -0.423. The van der Waals surface area contributed by atoms with Crippen molar-refractivity contribution in [2.24, 2.45) is 0 Å². The number of aromatic nitrogens is 2. The highest BCUT2D eigenvalue weighted by Gasteiger charge is 2.15. The fourth-order valence-corrected chi connectivity index (χ4v) is 3.32. The lowest BCUT2D eigenvalue weighted by atomic mass is 10.1. The predicted molar refractivity (Wildman–Crippen MR) is 109 cm³/mol. The normalized spacial score (nSPS) is 13.2. The molecular formula is C23H21FN2O4. The van der Waals surface area contributed by atoms with Crippen LogP contribution < -0.4 is 4.74 Å². The first-order chi connectivity index (χ1) is 14.5. The summed E-state index contributed by atoms with van der Waals surface area (Å²) in [5.41, 5.74) is 4.87. The molecule has 0 N–H and O–H groups in total. The van der Waals surface area contributed by atoms with Crippen LogP contribution in [0, 0.1) is 19.7 Å². The molecule has 1 aliphatic rings. The molecule has 0 spiro atoms. The fourth-order valence-electron chi connectivity index (χ4n) is 3.32. The van der Waals surface area contributed by atoms with E-state index in [0.717, 1.165) is 22.6 Å². The fraction of sp³-hybridized carbons (Fsp3) is 0.217. The Kier molecular flexibility index (Phi) is 5.63. The van der Waals surface area contributed by atoms with Crippen LogP contribution >= 0.6 is 0 Å². The Labute approximate surface area is 173 Å². The minimum atomic E-state index is -0.525. The monoisotopic (exact) mass is 408 g/mol. The van der Waals surface area contributed by atoms with Gasteiger partial charge in [-0.15, -0.1) is 0 Å². The number of rotatable bonds is 5. The highest BCUT2D eigenvalue weighted by atomic mass is 19.1. The third-order valence-corrected chi connectivity index (χ3v) is 4.67. The van der Waals surface area contributed by atoms with E-state index < -0.39 is 11.8 Å². The van der Waals surface area contributed by atoms with Crippen molar-refractivity contribution in [1.29, 1.82) is 0 Å². The Bertz CT molecular complexity index is 1100. The molecule has 30 heavy (non-hydrogen) atoms. The quantitative estimate of drug-likeness (QED) is 0.467. The average Bonchev–Trinajstić information content (AvgIpc) is 3.08. The Morgan fingerprint density at radius 3 is 2.77 bits per heavy atom. The van der Waals surface area contributed by atoms with E-state index in [4.69, 9.17) is 14.2 Å². The summed E-state index contributed by atoms with van der Waals surface area (Å²) in [6.07, 6.45) is 2.75. The van der Waals surface area contributed by atoms with Crippen molar-refractivity contribution in [1.82, 2.24) is 9.78 Å². The molecule has 0 saturated carbocycles. The minimum Gasteiger partial charge on any atom is -0.467 e. The number of hydrogen-bond donors (Lipinski definition) is 0. The molecule has 0 fully saturated rings. The van der Waals surface area contributed by atoms with E-state index in [-0.39, 0.29) is 20.0 Å². The molecule has 2 heterocycles. The molecule has 4 rings (SSSR count). The maximum Gasteiger partial charge on any atom is 0.331 e. The predicted octanol–water partition coefficient (Wildman–Crippen LogP) is 4.25. The number of carbonyl (C=O) groups is 1. The van der Waals surface area contributed by atoms with Gasteiger partial charge >= 0.3 is 5.97 Å². The van der Waals surface area contributed by atoms with Crippen molar-refractivity contribution < 1.29 is 23.4 Å². The summed E-state index contributed by atoms with van der Waals surface area (Å²) in [5, 5.41) is 4.45. The topological polar surface area (TPSA) is 62.6 Å². The van der Waals surface area contributed by atoms with Gasteiger partial charge in [0, 0.05) is 22.9 Å². The van der Waals surface area contributed by atoms with Gasteiger partial charge in [0.1, 0.15) is 18.2 Å². The highest BCUT2D eigenvalue weighted by molar-refractivity contribution is 5.87. The Balaban J connectivity index is 1.38. The second kappa shape index (κ2) is 8.51. The summed E-state index contributed by atoms with van der Waals surface area (Å²) < 4.78 is 31.5. The van der Waals surface area contributed by atoms with Crippen molar-refractivity contribution >= 4 is 12.0 Å². The molecule has 1 aromatic heterocycles. The summed E-state index contributed by atoms with van der Waals surface area (Å²) in [6, 6.07) is 12.3. The maximum atomic E-state index is 13.8. The van der Waals surface area contributed by atoms with E-state index >= 15 is 0 Å². The molecule has 0 bridgehead atoms. The van der Waals surface area contributed by atoms with E-state index in [1.165, 1.54) is 24.3 Å². The summed E-state index contributed by atoms with van der Waals surface area (Å²) in [6.45, 7) is 4.44. The molecule has 0 unspecified atom stereocenters. The molecule has 0 atom stereocenters. The van der Waals surface area contributed by atoms with Crippen LogP contribution in [0.1, 0.15) is 28.1 Å². The number of fused-ring (bicyclic) bond motifs is 1. The number of carbonyl (C=O) groups excluding carboxylic acids is 1. The number of aryl methyl sites for hydroxylation is 2. The van der Waals surface area contributed by atoms with Crippen LogP contribution in [0.15, 0.2) is 48.5 Å². The molecule has 154 valence electrons. The van der Waals surface area contributed by atoms with Gasteiger partial charge < -0.3 is 14.2 Å². The van der Waals surface area contributed by atoms with Gasteiger partial charge in [-0.05, 0) is 55.8 Å². The number of nitrogens with zero attached hydrogens (tertiary/aromatic N) is 2. The Morgan fingerprint density at radius 2 is 2.03 bits per heavy atom. The Hall–Kier alpha value is -3.45. The zero-order valence-corrected chi connectivity index (χ0v) is 16.7. The first kappa shape index (κ1) is 19.8. The van der Waals surface area contributed by atoms with Crippen LogP contribution in [0.25, 0.3) is 11.8 Å². The lowest BCUT2D eigenvalue weighted by Gasteiger charge is -2.19. The lowest BCUT2D eigenvalue weighted by Crippen LogP contribution is -2.12. The van der Waals surface area contributed by atoms with Crippen molar-refractivity contribution in [3.8, 4) is 11.4 Å². The van der Waals surface area contributed by atoms with Crippen molar-refractivity contribution in [3.05, 3.63) is 82.4 Å². The van der Waals surface area contributed by atoms with Gasteiger partial charge in [-0.2, -0.15) is 5.10 Å². The van der Waals surface area contributed by atoms with E-state index in [0.29, 0.717) is 16.9 Å².